The molecule has 0 radical (unpaired) electrons. The van der Waals surface area contributed by atoms with Crippen molar-refractivity contribution in [3.8, 4) is 0 Å². The molecular formula is C9H15N3O2. The summed E-state index contributed by atoms with van der Waals surface area (Å²) in [6.45, 7) is 1.86. The second kappa shape index (κ2) is 3.79. The lowest BCUT2D eigenvalue weighted by atomic mass is 10.1. The number of hydrogen-bond acceptors (Lipinski definition) is 3. The summed E-state index contributed by atoms with van der Waals surface area (Å²) in [7, 11) is 5.28. The second-order valence-corrected chi connectivity index (χ2v) is 3.51. The van der Waals surface area contributed by atoms with Crippen molar-refractivity contribution in [2.75, 3.05) is 14.1 Å². The average molecular weight is 197 g/mol. The molecule has 5 heteroatoms. The molecule has 0 aliphatic rings. The van der Waals surface area contributed by atoms with E-state index in [0.29, 0.717) is 0 Å². The van der Waals surface area contributed by atoms with Gasteiger partial charge in [0.2, 0.25) is 0 Å². The van der Waals surface area contributed by atoms with Gasteiger partial charge in [0, 0.05) is 18.3 Å². The molecule has 0 aromatic carbocycles. The molecule has 1 atom stereocenters. The first-order valence-electron chi connectivity index (χ1n) is 4.33. The van der Waals surface area contributed by atoms with Gasteiger partial charge in [-0.05, 0) is 21.0 Å². The van der Waals surface area contributed by atoms with Gasteiger partial charge in [0.1, 0.15) is 6.04 Å². The summed E-state index contributed by atoms with van der Waals surface area (Å²) in [4.78, 5) is 12.7. The lowest BCUT2D eigenvalue weighted by Crippen LogP contribution is -2.27. The van der Waals surface area contributed by atoms with E-state index in [9.17, 15) is 4.79 Å². The van der Waals surface area contributed by atoms with Crippen LogP contribution in [-0.4, -0.2) is 39.9 Å². The summed E-state index contributed by atoms with van der Waals surface area (Å²) in [5.74, 6) is -0.855. The zero-order valence-electron chi connectivity index (χ0n) is 8.85. The standard InChI is InChI=1S/C9H15N3O2/c1-6-7(5-10-12(6)4)8(9(13)14)11(2)3/h5,8H,1-4H3,(H,13,14). The molecule has 1 unspecified atom stereocenters. The molecule has 0 amide bonds. The third-order valence-corrected chi connectivity index (χ3v) is 2.32. The van der Waals surface area contributed by atoms with Crippen LogP contribution < -0.4 is 0 Å². The Kier molecular flexibility index (Phi) is 2.90. The molecule has 0 saturated heterocycles. The minimum absolute atomic E-state index is 0.622. The van der Waals surface area contributed by atoms with Crippen molar-refractivity contribution in [3.63, 3.8) is 0 Å². The number of likely N-dealkylation sites (N-methyl/N-ethyl adjacent to an activating group) is 1. The highest BCUT2D eigenvalue weighted by Crippen LogP contribution is 2.21. The van der Waals surface area contributed by atoms with Gasteiger partial charge in [-0.3, -0.25) is 14.4 Å². The molecule has 1 rings (SSSR count). The summed E-state index contributed by atoms with van der Waals surface area (Å²) < 4.78 is 1.68. The summed E-state index contributed by atoms with van der Waals surface area (Å²) in [5, 5.41) is 13.1. The molecule has 0 aliphatic carbocycles. The van der Waals surface area contributed by atoms with E-state index in [-0.39, 0.29) is 0 Å². The fourth-order valence-electron chi connectivity index (χ4n) is 1.42. The summed E-state index contributed by atoms with van der Waals surface area (Å²) in [6.07, 6.45) is 1.61. The van der Waals surface area contributed by atoms with E-state index in [1.54, 1.807) is 36.9 Å². The molecule has 1 N–H and O–H groups in total. The van der Waals surface area contributed by atoms with Gasteiger partial charge in [0.25, 0.3) is 0 Å². The fraction of sp³-hybridized carbons (Fsp3) is 0.556. The van der Waals surface area contributed by atoms with Gasteiger partial charge < -0.3 is 5.11 Å². The van der Waals surface area contributed by atoms with Crippen molar-refractivity contribution in [2.24, 2.45) is 7.05 Å². The van der Waals surface area contributed by atoms with Crippen LogP contribution in [0.25, 0.3) is 0 Å². The maximum atomic E-state index is 11.0. The molecule has 1 aromatic rings. The van der Waals surface area contributed by atoms with Gasteiger partial charge >= 0.3 is 5.97 Å². The SMILES string of the molecule is Cc1c(C(C(=O)O)N(C)C)cnn1C. The van der Waals surface area contributed by atoms with Crippen LogP contribution >= 0.6 is 0 Å². The summed E-state index contributed by atoms with van der Waals surface area (Å²) in [6, 6.07) is -0.622. The van der Waals surface area contributed by atoms with E-state index < -0.39 is 12.0 Å². The lowest BCUT2D eigenvalue weighted by molar-refractivity contribution is -0.142. The zero-order valence-corrected chi connectivity index (χ0v) is 8.85. The minimum Gasteiger partial charge on any atom is -0.480 e. The topological polar surface area (TPSA) is 58.4 Å². The number of carbonyl (C=O) groups is 1. The quantitative estimate of drug-likeness (QED) is 0.762. The number of rotatable bonds is 3. The molecule has 5 nitrogen and oxygen atoms in total. The molecule has 0 aliphatic heterocycles. The average Bonchev–Trinajstić information content (AvgIpc) is 2.35. The highest BCUT2D eigenvalue weighted by atomic mass is 16.4. The highest BCUT2D eigenvalue weighted by molar-refractivity contribution is 5.75. The van der Waals surface area contributed by atoms with Crippen LogP contribution in [0.3, 0.4) is 0 Å². The third-order valence-electron chi connectivity index (χ3n) is 2.32. The van der Waals surface area contributed by atoms with Crippen LogP contribution in [0.15, 0.2) is 6.20 Å². The van der Waals surface area contributed by atoms with Gasteiger partial charge in [-0.25, -0.2) is 0 Å². The number of aliphatic carboxylic acids is 1. The smallest absolute Gasteiger partial charge is 0.325 e. The number of aryl methyl sites for hydroxylation is 1. The first-order valence-corrected chi connectivity index (χ1v) is 4.33. The Labute approximate surface area is 82.9 Å². The molecule has 14 heavy (non-hydrogen) atoms. The number of carboxylic acid groups (broad SMARTS) is 1. The third kappa shape index (κ3) is 1.77. The van der Waals surface area contributed by atoms with E-state index >= 15 is 0 Å². The molecule has 1 heterocycles. The van der Waals surface area contributed by atoms with Gasteiger partial charge in [-0.1, -0.05) is 0 Å². The summed E-state index contributed by atoms with van der Waals surface area (Å²) in [5.41, 5.74) is 1.62. The van der Waals surface area contributed by atoms with E-state index in [2.05, 4.69) is 5.10 Å². The normalized spacial score (nSPS) is 13.2. The van der Waals surface area contributed by atoms with Gasteiger partial charge in [0.15, 0.2) is 0 Å². The van der Waals surface area contributed by atoms with Crippen LogP contribution in [0.2, 0.25) is 0 Å². The van der Waals surface area contributed by atoms with Crippen LogP contribution in [-0.2, 0) is 11.8 Å². The Morgan fingerprint density at radius 2 is 2.21 bits per heavy atom. The van der Waals surface area contributed by atoms with Crippen LogP contribution in [0, 0.1) is 6.92 Å². The van der Waals surface area contributed by atoms with Crippen molar-refractivity contribution in [1.29, 1.82) is 0 Å². The molecule has 78 valence electrons. The summed E-state index contributed by atoms with van der Waals surface area (Å²) >= 11 is 0. The van der Waals surface area contributed by atoms with Crippen molar-refractivity contribution in [2.45, 2.75) is 13.0 Å². The maximum Gasteiger partial charge on any atom is 0.325 e. The van der Waals surface area contributed by atoms with E-state index in [1.165, 1.54) is 0 Å². The van der Waals surface area contributed by atoms with Crippen LogP contribution in [0.1, 0.15) is 17.3 Å². The molecular weight excluding hydrogens is 182 g/mol. The monoisotopic (exact) mass is 197 g/mol. The van der Waals surface area contributed by atoms with Gasteiger partial charge in [-0.2, -0.15) is 5.10 Å². The van der Waals surface area contributed by atoms with Crippen molar-refractivity contribution in [3.05, 3.63) is 17.5 Å². The molecule has 0 bridgehead atoms. The number of hydrogen-bond donors (Lipinski definition) is 1. The second-order valence-electron chi connectivity index (χ2n) is 3.51. The Morgan fingerprint density at radius 3 is 2.50 bits per heavy atom. The lowest BCUT2D eigenvalue weighted by Gasteiger charge is -2.19. The number of nitrogens with zero attached hydrogens (tertiary/aromatic N) is 3. The van der Waals surface area contributed by atoms with Crippen LogP contribution in [0.5, 0.6) is 0 Å². The van der Waals surface area contributed by atoms with E-state index in [0.717, 1.165) is 11.3 Å². The molecule has 0 fully saturated rings. The Balaban J connectivity index is 3.12. The Morgan fingerprint density at radius 1 is 1.64 bits per heavy atom. The van der Waals surface area contributed by atoms with E-state index in [1.807, 2.05) is 6.92 Å². The Hall–Kier alpha value is -1.36. The predicted molar refractivity (Wildman–Crippen MR) is 52.0 cm³/mol. The zero-order chi connectivity index (χ0) is 10.9. The first kappa shape index (κ1) is 10.7. The largest absolute Gasteiger partial charge is 0.480 e. The van der Waals surface area contributed by atoms with Gasteiger partial charge in [0.05, 0.1) is 6.20 Å². The number of aromatic nitrogens is 2. The minimum atomic E-state index is -0.855. The molecule has 0 saturated carbocycles. The molecule has 1 aromatic heterocycles. The van der Waals surface area contributed by atoms with Crippen molar-refractivity contribution < 1.29 is 9.90 Å². The molecule has 0 spiro atoms. The Bertz CT molecular complexity index is 344. The van der Waals surface area contributed by atoms with Crippen LogP contribution in [0.4, 0.5) is 0 Å². The van der Waals surface area contributed by atoms with Gasteiger partial charge in [-0.15, -0.1) is 0 Å². The first-order chi connectivity index (χ1) is 6.45. The maximum absolute atomic E-state index is 11.0. The highest BCUT2D eigenvalue weighted by Gasteiger charge is 2.25. The number of carboxylic acids is 1. The predicted octanol–water partition coefficient (Wildman–Crippen LogP) is 0.416. The fourth-order valence-corrected chi connectivity index (χ4v) is 1.42. The van der Waals surface area contributed by atoms with Crippen molar-refractivity contribution in [1.82, 2.24) is 14.7 Å². The van der Waals surface area contributed by atoms with Crippen molar-refractivity contribution >= 4 is 5.97 Å². The van der Waals surface area contributed by atoms with E-state index in [4.69, 9.17) is 5.11 Å².